The number of nitrogen functional groups attached to an aromatic ring is 1. The Hall–Kier alpha value is -2.95. The van der Waals surface area contributed by atoms with E-state index in [0.717, 1.165) is 24.3 Å². The molecule has 2 N–H and O–H groups in total. The van der Waals surface area contributed by atoms with Gasteiger partial charge in [0.1, 0.15) is 0 Å². The summed E-state index contributed by atoms with van der Waals surface area (Å²) in [4.78, 5) is 21.9. The van der Waals surface area contributed by atoms with Crippen LogP contribution in [-0.2, 0) is 16.0 Å². The fourth-order valence-electron chi connectivity index (χ4n) is 2.37. The molecule has 0 radical (unpaired) electrons. The van der Waals surface area contributed by atoms with Gasteiger partial charge in [-0.25, -0.2) is 8.42 Å². The summed E-state index contributed by atoms with van der Waals surface area (Å²) in [7, 11) is -4.14. The summed E-state index contributed by atoms with van der Waals surface area (Å²) >= 11 is 0. The monoisotopic (exact) mass is 402 g/mol. The Morgan fingerprint density at radius 3 is 2.15 bits per heavy atom. The van der Waals surface area contributed by atoms with Gasteiger partial charge in [-0.15, -0.1) is 0 Å². The number of nitro groups is 1. The van der Waals surface area contributed by atoms with E-state index in [2.05, 4.69) is 0 Å². The molecule has 0 saturated carbocycles. The van der Waals surface area contributed by atoms with Crippen LogP contribution >= 0.6 is 0 Å². The molecule has 0 fully saturated rings. The van der Waals surface area contributed by atoms with E-state index in [9.17, 15) is 36.5 Å². The van der Waals surface area contributed by atoms with E-state index in [1.54, 1.807) is 0 Å². The van der Waals surface area contributed by atoms with Crippen molar-refractivity contribution in [2.24, 2.45) is 0 Å². The molecule has 0 heterocycles. The Kier molecular flexibility index (Phi) is 5.27. The Morgan fingerprint density at radius 2 is 1.70 bits per heavy atom. The van der Waals surface area contributed by atoms with Gasteiger partial charge in [-0.3, -0.25) is 14.9 Å². The van der Waals surface area contributed by atoms with Crippen molar-refractivity contribution in [1.29, 1.82) is 0 Å². The number of halogens is 3. The summed E-state index contributed by atoms with van der Waals surface area (Å²) in [5, 5.41) is 11.1. The minimum atomic E-state index is -4.59. The zero-order chi connectivity index (χ0) is 20.6. The largest absolute Gasteiger partial charge is 0.416 e. The minimum absolute atomic E-state index is 0.177. The highest BCUT2D eigenvalue weighted by Crippen LogP contribution is 2.34. The molecule has 0 amide bonds. The average molecular weight is 402 g/mol. The van der Waals surface area contributed by atoms with Crippen LogP contribution in [-0.4, -0.2) is 24.9 Å². The molecule has 0 aliphatic rings. The second-order valence-corrected chi connectivity index (χ2v) is 7.65. The van der Waals surface area contributed by atoms with E-state index >= 15 is 0 Å². The van der Waals surface area contributed by atoms with Gasteiger partial charge in [-0.1, -0.05) is 19.1 Å². The number of hydrogen-bond donors (Lipinski definition) is 1. The van der Waals surface area contributed by atoms with Gasteiger partial charge in [0.15, 0.2) is 20.5 Å². The number of alkyl halides is 3. The molecular formula is C16H13F3N2O5S. The van der Waals surface area contributed by atoms with E-state index in [1.807, 2.05) is 0 Å². The number of carbonyl (C=O) groups is 1. The van der Waals surface area contributed by atoms with Crippen LogP contribution in [0.25, 0.3) is 0 Å². The molecule has 0 aromatic heterocycles. The highest BCUT2D eigenvalue weighted by molar-refractivity contribution is 7.91. The van der Waals surface area contributed by atoms with E-state index in [0.29, 0.717) is 12.1 Å². The Bertz CT molecular complexity index is 1020. The molecule has 144 valence electrons. The lowest BCUT2D eigenvalue weighted by Crippen LogP contribution is -2.15. The molecule has 0 aliphatic carbocycles. The molecule has 0 spiro atoms. The van der Waals surface area contributed by atoms with Crippen LogP contribution in [0.2, 0.25) is 0 Å². The molecule has 0 atom stereocenters. The summed E-state index contributed by atoms with van der Waals surface area (Å²) in [6.07, 6.45) is -4.59. The molecule has 7 nitrogen and oxygen atoms in total. The quantitative estimate of drug-likeness (QED) is 0.355. The van der Waals surface area contributed by atoms with Gasteiger partial charge in [0.05, 0.1) is 21.9 Å². The highest BCUT2D eigenvalue weighted by Gasteiger charge is 2.32. The number of ketones is 1. The number of anilines is 1. The van der Waals surface area contributed by atoms with E-state index in [-0.39, 0.29) is 11.1 Å². The third-order valence-electron chi connectivity index (χ3n) is 3.78. The minimum Gasteiger partial charge on any atom is -0.397 e. The lowest BCUT2D eigenvalue weighted by atomic mass is 10.00. The van der Waals surface area contributed by atoms with Crippen molar-refractivity contribution in [3.63, 3.8) is 0 Å². The summed E-state index contributed by atoms with van der Waals surface area (Å²) < 4.78 is 62.2. The first-order valence-corrected chi connectivity index (χ1v) is 9.07. The van der Waals surface area contributed by atoms with Crippen LogP contribution in [0.1, 0.15) is 28.4 Å². The number of benzene rings is 2. The summed E-state index contributed by atoms with van der Waals surface area (Å²) in [6.45, 7) is 1.25. The van der Waals surface area contributed by atoms with Crippen LogP contribution in [0, 0.1) is 10.1 Å². The average Bonchev–Trinajstić information content (AvgIpc) is 2.59. The van der Waals surface area contributed by atoms with Crippen molar-refractivity contribution in [3.8, 4) is 0 Å². The zero-order valence-electron chi connectivity index (χ0n) is 13.8. The maximum absolute atomic E-state index is 12.6. The van der Waals surface area contributed by atoms with Gasteiger partial charge >= 0.3 is 6.18 Å². The molecular weight excluding hydrogens is 389 g/mol. The second kappa shape index (κ2) is 6.99. The highest BCUT2D eigenvalue weighted by atomic mass is 32.2. The first-order valence-electron chi connectivity index (χ1n) is 7.41. The SMILES string of the molecule is CCS(=O)(=O)c1c([N+](=O)[O-])ccc(C(=O)c2ccc(C(F)(F)F)cc2)c1N. The van der Waals surface area contributed by atoms with Gasteiger partial charge < -0.3 is 5.73 Å². The number of sulfone groups is 1. The van der Waals surface area contributed by atoms with Crippen LogP contribution in [0.4, 0.5) is 24.5 Å². The summed E-state index contributed by atoms with van der Waals surface area (Å²) in [5.74, 6) is -1.35. The first kappa shape index (κ1) is 20.4. The van der Waals surface area contributed by atoms with Gasteiger partial charge in [0.25, 0.3) is 5.69 Å². The van der Waals surface area contributed by atoms with Crippen molar-refractivity contribution < 1.29 is 31.3 Å². The Labute approximate surface area is 151 Å². The molecule has 11 heteroatoms. The van der Waals surface area contributed by atoms with Crippen LogP contribution in [0.15, 0.2) is 41.3 Å². The van der Waals surface area contributed by atoms with Crippen molar-refractivity contribution in [2.45, 2.75) is 18.0 Å². The predicted octanol–water partition coefficient (Wildman–Crippen LogP) is 3.22. The molecule has 0 bridgehead atoms. The molecule has 2 aromatic rings. The van der Waals surface area contributed by atoms with E-state index in [1.165, 1.54) is 6.92 Å². The fraction of sp³-hybridized carbons (Fsp3) is 0.188. The molecule has 2 aromatic carbocycles. The van der Waals surface area contributed by atoms with Crippen molar-refractivity contribution >= 4 is 27.0 Å². The lowest BCUT2D eigenvalue weighted by Gasteiger charge is -2.12. The zero-order valence-corrected chi connectivity index (χ0v) is 14.6. The van der Waals surface area contributed by atoms with Crippen molar-refractivity contribution in [2.75, 3.05) is 11.5 Å². The van der Waals surface area contributed by atoms with Crippen molar-refractivity contribution in [1.82, 2.24) is 0 Å². The first-order chi connectivity index (χ1) is 12.4. The smallest absolute Gasteiger partial charge is 0.397 e. The predicted molar refractivity (Wildman–Crippen MR) is 90.1 cm³/mol. The fourth-order valence-corrected chi connectivity index (χ4v) is 3.56. The van der Waals surface area contributed by atoms with Crippen molar-refractivity contribution in [3.05, 3.63) is 63.2 Å². The lowest BCUT2D eigenvalue weighted by molar-refractivity contribution is -0.387. The number of carbonyl (C=O) groups excluding carboxylic acids is 1. The number of nitrogens with two attached hydrogens (primary N) is 1. The summed E-state index contributed by atoms with van der Waals surface area (Å²) in [5.41, 5.74) is 2.84. The van der Waals surface area contributed by atoms with Crippen LogP contribution in [0.3, 0.4) is 0 Å². The van der Waals surface area contributed by atoms with Gasteiger partial charge in [-0.05, 0) is 18.2 Å². The van der Waals surface area contributed by atoms with Gasteiger partial charge in [0, 0.05) is 17.2 Å². The molecule has 0 unspecified atom stereocenters. The topological polar surface area (TPSA) is 120 Å². The maximum atomic E-state index is 12.6. The number of nitrogens with zero attached hydrogens (tertiary/aromatic N) is 1. The summed E-state index contributed by atoms with van der Waals surface area (Å²) in [6, 6.07) is 5.02. The van der Waals surface area contributed by atoms with E-state index in [4.69, 9.17) is 5.73 Å². The molecule has 0 aliphatic heterocycles. The van der Waals surface area contributed by atoms with Gasteiger partial charge in [-0.2, -0.15) is 13.2 Å². The third-order valence-corrected chi connectivity index (χ3v) is 5.59. The Balaban J connectivity index is 2.61. The van der Waals surface area contributed by atoms with Crippen LogP contribution in [0.5, 0.6) is 0 Å². The van der Waals surface area contributed by atoms with Gasteiger partial charge in [0.2, 0.25) is 0 Å². The number of nitro benzene ring substituents is 1. The normalized spacial score (nSPS) is 12.0. The van der Waals surface area contributed by atoms with E-state index < -0.39 is 54.3 Å². The Morgan fingerprint density at radius 1 is 1.15 bits per heavy atom. The number of hydrogen-bond acceptors (Lipinski definition) is 6. The second-order valence-electron chi connectivity index (χ2n) is 5.44. The maximum Gasteiger partial charge on any atom is 0.416 e. The van der Waals surface area contributed by atoms with Crippen LogP contribution < -0.4 is 5.73 Å². The molecule has 0 saturated heterocycles. The molecule has 27 heavy (non-hydrogen) atoms. The number of rotatable bonds is 5. The molecule has 2 rings (SSSR count). The standard InChI is InChI=1S/C16H13F3N2O5S/c1-2-27(25,26)15-12(21(23)24)8-7-11(13(15)20)14(22)9-3-5-10(6-4-9)16(17,18)19/h3-8H,2,20H2,1H3. The third kappa shape index (κ3) is 3.92.